The summed E-state index contributed by atoms with van der Waals surface area (Å²) < 4.78 is 5.75. The number of nitrogens with one attached hydrogen (secondary N) is 1. The van der Waals surface area contributed by atoms with Crippen molar-refractivity contribution in [3.8, 4) is 0 Å². The molecule has 1 N–H and O–H groups in total. The Balaban J connectivity index is 1.92. The topological polar surface area (TPSA) is 24.5 Å². The minimum atomic E-state index is 0.407. The van der Waals surface area contributed by atoms with Crippen LogP contribution in [0.5, 0.6) is 0 Å². The van der Waals surface area contributed by atoms with Crippen molar-refractivity contribution in [1.82, 2.24) is 10.2 Å². The Labute approximate surface area is 125 Å². The van der Waals surface area contributed by atoms with Crippen LogP contribution in [-0.4, -0.2) is 50.3 Å². The van der Waals surface area contributed by atoms with Gasteiger partial charge in [0.15, 0.2) is 0 Å². The van der Waals surface area contributed by atoms with Gasteiger partial charge in [0.1, 0.15) is 0 Å². The first-order chi connectivity index (χ1) is 9.67. The van der Waals surface area contributed by atoms with Crippen LogP contribution in [0.15, 0.2) is 0 Å². The molecule has 1 aliphatic carbocycles. The number of hydrogen-bond acceptors (Lipinski definition) is 3. The van der Waals surface area contributed by atoms with Crippen molar-refractivity contribution in [2.24, 2.45) is 5.41 Å². The van der Waals surface area contributed by atoms with E-state index in [1.807, 2.05) is 0 Å². The van der Waals surface area contributed by atoms with Crippen molar-refractivity contribution in [3.63, 3.8) is 0 Å². The van der Waals surface area contributed by atoms with Gasteiger partial charge >= 0.3 is 0 Å². The Morgan fingerprint density at radius 3 is 2.60 bits per heavy atom. The van der Waals surface area contributed by atoms with E-state index in [-0.39, 0.29) is 0 Å². The standard InChI is InChI=1S/C17H34N2O/c1-4-11-18-13-17(9-6-5-7-10-17)14-19(3)16-8-12-20-15(16)2/h15-16,18H,4-14H2,1-3H3. The van der Waals surface area contributed by atoms with E-state index in [4.69, 9.17) is 4.74 Å². The van der Waals surface area contributed by atoms with Gasteiger partial charge in [0.2, 0.25) is 0 Å². The number of nitrogens with zero attached hydrogens (tertiary/aromatic N) is 1. The fourth-order valence-corrected chi connectivity index (χ4v) is 4.17. The third kappa shape index (κ3) is 4.19. The average molecular weight is 282 g/mol. The number of likely N-dealkylation sites (N-methyl/N-ethyl adjacent to an activating group) is 1. The van der Waals surface area contributed by atoms with Crippen LogP contribution in [0, 0.1) is 5.41 Å². The summed E-state index contributed by atoms with van der Waals surface area (Å²) in [6.07, 6.45) is 9.91. The monoisotopic (exact) mass is 282 g/mol. The van der Waals surface area contributed by atoms with E-state index in [0.29, 0.717) is 17.6 Å². The SMILES string of the molecule is CCCNCC1(CN(C)C2CCOC2C)CCCCC1. The molecule has 2 aliphatic rings. The quantitative estimate of drug-likeness (QED) is 0.726. The Morgan fingerprint density at radius 1 is 1.25 bits per heavy atom. The van der Waals surface area contributed by atoms with Gasteiger partial charge in [-0.25, -0.2) is 0 Å². The van der Waals surface area contributed by atoms with Gasteiger partial charge < -0.3 is 15.0 Å². The second kappa shape index (κ2) is 7.77. The molecular weight excluding hydrogens is 248 g/mol. The van der Waals surface area contributed by atoms with Crippen LogP contribution >= 0.6 is 0 Å². The zero-order valence-corrected chi connectivity index (χ0v) is 13.8. The van der Waals surface area contributed by atoms with Gasteiger partial charge in [0, 0.05) is 25.7 Å². The Bertz CT molecular complexity index is 276. The highest BCUT2D eigenvalue weighted by Gasteiger charge is 2.36. The minimum absolute atomic E-state index is 0.407. The second-order valence-electron chi connectivity index (χ2n) is 7.08. The third-order valence-corrected chi connectivity index (χ3v) is 5.33. The molecule has 3 nitrogen and oxygen atoms in total. The maximum atomic E-state index is 5.75. The first-order valence-electron chi connectivity index (χ1n) is 8.69. The molecule has 0 aromatic heterocycles. The Morgan fingerprint density at radius 2 is 2.00 bits per heavy atom. The van der Waals surface area contributed by atoms with Gasteiger partial charge in [-0.2, -0.15) is 0 Å². The van der Waals surface area contributed by atoms with E-state index < -0.39 is 0 Å². The lowest BCUT2D eigenvalue weighted by Crippen LogP contribution is -2.48. The largest absolute Gasteiger partial charge is 0.377 e. The normalized spacial score (nSPS) is 30.0. The maximum absolute atomic E-state index is 5.75. The zero-order valence-electron chi connectivity index (χ0n) is 13.8. The Kier molecular flexibility index (Phi) is 6.31. The van der Waals surface area contributed by atoms with Crippen molar-refractivity contribution >= 4 is 0 Å². The van der Waals surface area contributed by atoms with Gasteiger partial charge in [0.25, 0.3) is 0 Å². The maximum Gasteiger partial charge on any atom is 0.0702 e. The van der Waals surface area contributed by atoms with Crippen LogP contribution in [0.2, 0.25) is 0 Å². The lowest BCUT2D eigenvalue weighted by atomic mass is 9.73. The van der Waals surface area contributed by atoms with Crippen LogP contribution in [-0.2, 0) is 4.74 Å². The van der Waals surface area contributed by atoms with Crippen LogP contribution in [0.3, 0.4) is 0 Å². The molecule has 0 amide bonds. The molecule has 1 aliphatic heterocycles. The van der Waals surface area contributed by atoms with Crippen molar-refractivity contribution in [1.29, 1.82) is 0 Å². The average Bonchev–Trinajstić information content (AvgIpc) is 2.86. The van der Waals surface area contributed by atoms with E-state index in [1.165, 1.54) is 58.0 Å². The molecule has 2 fully saturated rings. The fraction of sp³-hybridized carbons (Fsp3) is 1.00. The summed E-state index contributed by atoms with van der Waals surface area (Å²) in [6.45, 7) is 9.03. The first kappa shape index (κ1) is 16.3. The van der Waals surface area contributed by atoms with E-state index >= 15 is 0 Å². The zero-order chi connectivity index (χ0) is 14.4. The molecular formula is C17H34N2O. The molecule has 0 radical (unpaired) electrons. The molecule has 20 heavy (non-hydrogen) atoms. The molecule has 2 unspecified atom stereocenters. The summed E-state index contributed by atoms with van der Waals surface area (Å²) in [7, 11) is 2.31. The van der Waals surface area contributed by atoms with Crippen molar-refractivity contribution in [3.05, 3.63) is 0 Å². The van der Waals surface area contributed by atoms with E-state index in [1.54, 1.807) is 0 Å². The molecule has 118 valence electrons. The molecule has 2 atom stereocenters. The highest BCUT2D eigenvalue weighted by Crippen LogP contribution is 2.37. The summed E-state index contributed by atoms with van der Waals surface area (Å²) >= 11 is 0. The molecule has 0 aromatic carbocycles. The fourth-order valence-electron chi connectivity index (χ4n) is 4.17. The highest BCUT2D eigenvalue weighted by molar-refractivity contribution is 4.90. The smallest absolute Gasteiger partial charge is 0.0702 e. The van der Waals surface area contributed by atoms with Gasteiger partial charge in [-0.1, -0.05) is 26.2 Å². The molecule has 0 spiro atoms. The first-order valence-corrected chi connectivity index (χ1v) is 8.69. The van der Waals surface area contributed by atoms with Crippen molar-refractivity contribution in [2.75, 3.05) is 33.3 Å². The summed E-state index contributed by atoms with van der Waals surface area (Å²) in [5, 5.41) is 3.69. The van der Waals surface area contributed by atoms with Crippen LogP contribution in [0.1, 0.15) is 58.8 Å². The minimum Gasteiger partial charge on any atom is -0.377 e. The summed E-state index contributed by atoms with van der Waals surface area (Å²) in [4.78, 5) is 2.59. The predicted molar refractivity (Wildman–Crippen MR) is 85.1 cm³/mol. The molecule has 1 saturated carbocycles. The van der Waals surface area contributed by atoms with Gasteiger partial charge in [-0.15, -0.1) is 0 Å². The summed E-state index contributed by atoms with van der Waals surface area (Å²) in [6, 6.07) is 0.625. The van der Waals surface area contributed by atoms with Crippen molar-refractivity contribution in [2.45, 2.75) is 70.9 Å². The predicted octanol–water partition coefficient (Wildman–Crippen LogP) is 3.05. The van der Waals surface area contributed by atoms with Gasteiger partial charge in [-0.3, -0.25) is 0 Å². The molecule has 2 rings (SSSR count). The lowest BCUT2D eigenvalue weighted by molar-refractivity contribution is 0.0503. The number of hydrogen-bond donors (Lipinski definition) is 1. The molecule has 1 saturated heterocycles. The van der Waals surface area contributed by atoms with Crippen molar-refractivity contribution < 1.29 is 4.74 Å². The molecule has 0 bridgehead atoms. The summed E-state index contributed by atoms with van der Waals surface area (Å²) in [5.41, 5.74) is 0.504. The van der Waals surface area contributed by atoms with E-state index in [2.05, 4.69) is 31.1 Å². The van der Waals surface area contributed by atoms with Gasteiger partial charge in [0.05, 0.1) is 6.10 Å². The van der Waals surface area contributed by atoms with E-state index in [0.717, 1.165) is 13.2 Å². The van der Waals surface area contributed by atoms with Crippen LogP contribution in [0.4, 0.5) is 0 Å². The lowest BCUT2D eigenvalue weighted by Gasteiger charge is -2.42. The number of rotatable bonds is 7. The molecule has 1 heterocycles. The summed E-state index contributed by atoms with van der Waals surface area (Å²) in [5.74, 6) is 0. The van der Waals surface area contributed by atoms with E-state index in [9.17, 15) is 0 Å². The highest BCUT2D eigenvalue weighted by atomic mass is 16.5. The Hall–Kier alpha value is -0.120. The van der Waals surface area contributed by atoms with Gasteiger partial charge in [-0.05, 0) is 51.6 Å². The molecule has 0 aromatic rings. The van der Waals surface area contributed by atoms with Crippen LogP contribution in [0.25, 0.3) is 0 Å². The number of ether oxygens (including phenoxy) is 1. The van der Waals surface area contributed by atoms with Crippen LogP contribution < -0.4 is 5.32 Å². The third-order valence-electron chi connectivity index (χ3n) is 5.33. The second-order valence-corrected chi connectivity index (χ2v) is 7.08. The molecule has 3 heteroatoms.